The highest BCUT2D eigenvalue weighted by Gasteiger charge is 2.27. The minimum absolute atomic E-state index is 0. The summed E-state index contributed by atoms with van der Waals surface area (Å²) in [5.74, 6) is 2.15. The fourth-order valence-electron chi connectivity index (χ4n) is 5.27. The predicted molar refractivity (Wildman–Crippen MR) is 130 cm³/mol. The first-order valence-corrected chi connectivity index (χ1v) is 11.2. The van der Waals surface area contributed by atoms with Gasteiger partial charge in [-0.25, -0.2) is 0 Å². The summed E-state index contributed by atoms with van der Waals surface area (Å²) in [7, 11) is 1.88. The van der Waals surface area contributed by atoms with Gasteiger partial charge in [0.1, 0.15) is 5.75 Å². The van der Waals surface area contributed by atoms with Crippen LogP contribution >= 0.6 is 24.0 Å². The summed E-state index contributed by atoms with van der Waals surface area (Å²) in [6.07, 6.45) is 10.1. The molecule has 2 heterocycles. The molecule has 1 aromatic rings. The summed E-state index contributed by atoms with van der Waals surface area (Å²) < 4.78 is 0. The molecule has 1 atom stereocenters. The molecule has 29 heavy (non-hydrogen) atoms. The number of rotatable bonds is 4. The number of benzene rings is 1. The van der Waals surface area contributed by atoms with E-state index in [1.165, 1.54) is 69.3 Å². The van der Waals surface area contributed by atoms with Gasteiger partial charge in [-0.05, 0) is 81.1 Å². The first kappa shape index (κ1) is 22.7. The van der Waals surface area contributed by atoms with E-state index < -0.39 is 0 Å². The number of phenolic OH excluding ortho intramolecular Hbond substituents is 1. The number of nitrogens with one attached hydrogen (secondary N) is 1. The molecule has 2 fully saturated rings. The Morgan fingerprint density at radius 3 is 2.69 bits per heavy atom. The van der Waals surface area contributed by atoms with E-state index in [-0.39, 0.29) is 24.0 Å². The van der Waals surface area contributed by atoms with E-state index in [0.717, 1.165) is 43.4 Å². The average Bonchev–Trinajstić information content (AvgIpc) is 3.19. The molecular weight excluding hydrogens is 475 g/mol. The lowest BCUT2D eigenvalue weighted by Crippen LogP contribution is -2.41. The molecule has 0 aromatic heterocycles. The zero-order valence-electron chi connectivity index (χ0n) is 17.8. The van der Waals surface area contributed by atoms with Crippen molar-refractivity contribution in [3.05, 3.63) is 28.8 Å². The number of aromatic hydroxyl groups is 1. The van der Waals surface area contributed by atoms with Crippen molar-refractivity contribution in [3.8, 4) is 5.75 Å². The number of aliphatic imine (C=N–C) groups is 1. The van der Waals surface area contributed by atoms with Crippen LogP contribution in [-0.4, -0.2) is 60.6 Å². The zero-order chi connectivity index (χ0) is 19.3. The van der Waals surface area contributed by atoms with Gasteiger partial charge >= 0.3 is 0 Å². The highest BCUT2D eigenvalue weighted by Crippen LogP contribution is 2.30. The first-order chi connectivity index (χ1) is 13.7. The van der Waals surface area contributed by atoms with Crippen LogP contribution in [0.3, 0.4) is 0 Å². The number of hydrogen-bond acceptors (Lipinski definition) is 3. The Labute approximate surface area is 193 Å². The van der Waals surface area contributed by atoms with Crippen LogP contribution in [0.15, 0.2) is 17.1 Å². The maximum Gasteiger partial charge on any atom is 0.193 e. The van der Waals surface area contributed by atoms with Crippen molar-refractivity contribution in [2.45, 2.75) is 57.9 Å². The number of guanidine groups is 1. The molecule has 2 saturated heterocycles. The van der Waals surface area contributed by atoms with E-state index >= 15 is 0 Å². The second-order valence-corrected chi connectivity index (χ2v) is 8.77. The smallest absolute Gasteiger partial charge is 0.193 e. The second-order valence-electron chi connectivity index (χ2n) is 8.77. The quantitative estimate of drug-likeness (QED) is 0.367. The number of aryl methyl sites for hydroxylation is 1. The standard InChI is InChI=1S/C23H36N4O.HI/c1-24-23(27-14-11-18(17-27)16-26-12-5-2-6-13-26)25-15-21-20-8-4-3-7-19(20)9-10-22(21)28;/h9-10,18,28H,2-8,11-17H2,1H3,(H,24,25);1H. The first-order valence-electron chi connectivity index (χ1n) is 11.2. The van der Waals surface area contributed by atoms with Crippen LogP contribution in [0, 0.1) is 5.92 Å². The van der Waals surface area contributed by atoms with E-state index in [9.17, 15) is 5.11 Å². The largest absolute Gasteiger partial charge is 0.508 e. The third kappa shape index (κ3) is 5.57. The maximum atomic E-state index is 10.4. The number of phenols is 1. The lowest BCUT2D eigenvalue weighted by Gasteiger charge is -2.29. The van der Waals surface area contributed by atoms with Crippen LogP contribution in [0.1, 0.15) is 55.2 Å². The van der Waals surface area contributed by atoms with Crippen LogP contribution in [0.5, 0.6) is 5.75 Å². The predicted octanol–water partition coefficient (Wildman–Crippen LogP) is 3.77. The van der Waals surface area contributed by atoms with Crippen molar-refractivity contribution >= 4 is 29.9 Å². The van der Waals surface area contributed by atoms with Gasteiger partial charge < -0.3 is 20.2 Å². The van der Waals surface area contributed by atoms with Gasteiger partial charge in [0.05, 0.1) is 0 Å². The SMILES string of the molecule is CN=C(NCc1c(O)ccc2c1CCCC2)N1CCC(CN2CCCCC2)C1.I. The van der Waals surface area contributed by atoms with Gasteiger partial charge in [-0.2, -0.15) is 0 Å². The summed E-state index contributed by atoms with van der Waals surface area (Å²) in [4.78, 5) is 9.60. The molecule has 0 amide bonds. The zero-order valence-corrected chi connectivity index (χ0v) is 20.2. The molecule has 2 N–H and O–H groups in total. The van der Waals surface area contributed by atoms with E-state index in [2.05, 4.69) is 26.2 Å². The molecule has 1 aromatic carbocycles. The Morgan fingerprint density at radius 1 is 1.10 bits per heavy atom. The monoisotopic (exact) mass is 512 g/mol. The minimum atomic E-state index is 0. The Kier molecular flexibility index (Phi) is 8.47. The molecule has 3 aliphatic rings. The molecule has 1 aliphatic carbocycles. The van der Waals surface area contributed by atoms with Crippen molar-refractivity contribution in [3.63, 3.8) is 0 Å². The van der Waals surface area contributed by atoms with E-state index in [1.807, 2.05) is 13.1 Å². The topological polar surface area (TPSA) is 51.1 Å². The summed E-state index contributed by atoms with van der Waals surface area (Å²) in [5.41, 5.74) is 3.85. The van der Waals surface area contributed by atoms with Gasteiger partial charge in [0.2, 0.25) is 0 Å². The van der Waals surface area contributed by atoms with Gasteiger partial charge in [0.15, 0.2) is 5.96 Å². The normalized spacial score (nSPS) is 22.9. The molecule has 0 saturated carbocycles. The molecular formula is C23H37IN4O. The van der Waals surface area contributed by atoms with E-state index in [4.69, 9.17) is 0 Å². The van der Waals surface area contributed by atoms with Crippen LogP contribution in [-0.2, 0) is 19.4 Å². The molecule has 1 unspecified atom stereocenters. The molecule has 5 nitrogen and oxygen atoms in total. The Bertz CT molecular complexity index is 702. The van der Waals surface area contributed by atoms with Gasteiger partial charge in [0, 0.05) is 38.8 Å². The van der Waals surface area contributed by atoms with Crippen LogP contribution in [0.25, 0.3) is 0 Å². The van der Waals surface area contributed by atoms with Gasteiger partial charge in [0.25, 0.3) is 0 Å². The molecule has 6 heteroatoms. The van der Waals surface area contributed by atoms with Crippen molar-refractivity contribution in [1.29, 1.82) is 0 Å². The summed E-state index contributed by atoms with van der Waals surface area (Å²) in [6, 6.07) is 3.97. The third-order valence-electron chi connectivity index (χ3n) is 6.81. The number of hydrogen-bond donors (Lipinski definition) is 2. The number of nitrogens with zero attached hydrogens (tertiary/aromatic N) is 3. The summed E-state index contributed by atoms with van der Waals surface area (Å²) in [6.45, 7) is 6.63. The van der Waals surface area contributed by atoms with E-state index in [1.54, 1.807) is 0 Å². The lowest BCUT2D eigenvalue weighted by molar-refractivity contribution is 0.198. The highest BCUT2D eigenvalue weighted by atomic mass is 127. The van der Waals surface area contributed by atoms with Gasteiger partial charge in [-0.1, -0.05) is 12.5 Å². The fourth-order valence-corrected chi connectivity index (χ4v) is 5.27. The number of halogens is 1. The minimum Gasteiger partial charge on any atom is -0.508 e. The van der Waals surface area contributed by atoms with Crippen molar-refractivity contribution in [2.75, 3.05) is 39.8 Å². The van der Waals surface area contributed by atoms with Gasteiger partial charge in [-0.3, -0.25) is 4.99 Å². The summed E-state index contributed by atoms with van der Waals surface area (Å²) >= 11 is 0. The second kappa shape index (κ2) is 10.8. The van der Waals surface area contributed by atoms with Crippen LogP contribution in [0.2, 0.25) is 0 Å². The highest BCUT2D eigenvalue weighted by molar-refractivity contribution is 14.0. The fraction of sp³-hybridized carbons (Fsp3) is 0.696. The molecule has 162 valence electrons. The molecule has 0 radical (unpaired) electrons. The van der Waals surface area contributed by atoms with Crippen molar-refractivity contribution in [1.82, 2.24) is 15.1 Å². The molecule has 0 bridgehead atoms. The van der Waals surface area contributed by atoms with Crippen molar-refractivity contribution < 1.29 is 5.11 Å². The Morgan fingerprint density at radius 2 is 1.90 bits per heavy atom. The number of fused-ring (bicyclic) bond motifs is 1. The third-order valence-corrected chi connectivity index (χ3v) is 6.81. The Balaban J connectivity index is 0.00000240. The molecule has 4 rings (SSSR count). The molecule has 2 aliphatic heterocycles. The lowest BCUT2D eigenvalue weighted by atomic mass is 9.88. The molecule has 0 spiro atoms. The Hall–Kier alpha value is -1.02. The number of piperidine rings is 1. The van der Waals surface area contributed by atoms with Crippen LogP contribution in [0.4, 0.5) is 0 Å². The maximum absolute atomic E-state index is 10.4. The van der Waals surface area contributed by atoms with Crippen LogP contribution < -0.4 is 5.32 Å². The summed E-state index contributed by atoms with van der Waals surface area (Å²) in [5, 5.41) is 14.0. The van der Waals surface area contributed by atoms with Gasteiger partial charge in [-0.15, -0.1) is 24.0 Å². The van der Waals surface area contributed by atoms with Crippen molar-refractivity contribution in [2.24, 2.45) is 10.9 Å². The number of likely N-dealkylation sites (tertiary alicyclic amines) is 2. The van der Waals surface area contributed by atoms with E-state index in [0.29, 0.717) is 12.3 Å². The average molecular weight is 512 g/mol.